The van der Waals surface area contributed by atoms with Gasteiger partial charge >= 0.3 is 5.97 Å². The van der Waals surface area contributed by atoms with E-state index < -0.39 is 0 Å². The molecule has 0 unspecified atom stereocenters. The first-order chi connectivity index (χ1) is 10.5. The highest BCUT2D eigenvalue weighted by Crippen LogP contribution is 2.14. The van der Waals surface area contributed by atoms with Crippen molar-refractivity contribution in [2.24, 2.45) is 0 Å². The van der Waals surface area contributed by atoms with E-state index in [1.165, 1.54) is 7.11 Å². The van der Waals surface area contributed by atoms with Gasteiger partial charge in [0.2, 0.25) is 0 Å². The summed E-state index contributed by atoms with van der Waals surface area (Å²) in [6.45, 7) is 6.19. The average molecular weight is 307 g/mol. The van der Waals surface area contributed by atoms with E-state index in [-0.39, 0.29) is 30.9 Å². The zero-order valence-electron chi connectivity index (χ0n) is 13.8. The van der Waals surface area contributed by atoms with Crippen molar-refractivity contribution in [3.8, 4) is 5.75 Å². The summed E-state index contributed by atoms with van der Waals surface area (Å²) in [4.78, 5) is 25.1. The number of amides is 1. The predicted octanol–water partition coefficient (Wildman–Crippen LogP) is 2.43. The van der Waals surface area contributed by atoms with Crippen LogP contribution in [-0.4, -0.2) is 43.1 Å². The lowest BCUT2D eigenvalue weighted by molar-refractivity contribution is -0.142. The summed E-state index contributed by atoms with van der Waals surface area (Å²) in [5.74, 6) is 0.222. The molecule has 0 aromatic heterocycles. The number of benzene rings is 1. The molecule has 1 aromatic rings. The fourth-order valence-electron chi connectivity index (χ4n) is 2.07. The van der Waals surface area contributed by atoms with Crippen LogP contribution in [0.2, 0.25) is 0 Å². The van der Waals surface area contributed by atoms with Gasteiger partial charge in [0.15, 0.2) is 6.61 Å². The summed E-state index contributed by atoms with van der Waals surface area (Å²) < 4.78 is 10.2. The van der Waals surface area contributed by atoms with Crippen LogP contribution < -0.4 is 4.74 Å². The SMILES string of the molecule is CCc1cccc(OCC(=O)N(CCC(=O)OC)C(C)C)c1. The van der Waals surface area contributed by atoms with Crippen LogP contribution in [0.1, 0.15) is 32.8 Å². The lowest BCUT2D eigenvalue weighted by Crippen LogP contribution is -2.41. The second kappa shape index (κ2) is 9.07. The van der Waals surface area contributed by atoms with Crippen LogP contribution >= 0.6 is 0 Å². The van der Waals surface area contributed by atoms with Gasteiger partial charge in [0, 0.05) is 12.6 Å². The highest BCUT2D eigenvalue weighted by atomic mass is 16.5. The number of aryl methyl sites for hydroxylation is 1. The number of hydrogen-bond donors (Lipinski definition) is 0. The van der Waals surface area contributed by atoms with E-state index in [1.54, 1.807) is 4.90 Å². The molecule has 0 aliphatic heterocycles. The van der Waals surface area contributed by atoms with Crippen molar-refractivity contribution in [1.29, 1.82) is 0 Å². The molecule has 1 rings (SSSR count). The van der Waals surface area contributed by atoms with Crippen molar-refractivity contribution in [3.63, 3.8) is 0 Å². The number of hydrogen-bond acceptors (Lipinski definition) is 4. The van der Waals surface area contributed by atoms with Crippen LogP contribution in [0.25, 0.3) is 0 Å². The minimum atomic E-state index is -0.324. The van der Waals surface area contributed by atoms with Gasteiger partial charge in [-0.2, -0.15) is 0 Å². The Hall–Kier alpha value is -2.04. The summed E-state index contributed by atoms with van der Waals surface area (Å²) in [6.07, 6.45) is 1.11. The van der Waals surface area contributed by atoms with Crippen molar-refractivity contribution in [2.45, 2.75) is 39.7 Å². The summed E-state index contributed by atoms with van der Waals surface area (Å²) in [6, 6.07) is 7.70. The third-order valence-electron chi connectivity index (χ3n) is 3.40. The van der Waals surface area contributed by atoms with Crippen LogP contribution in [-0.2, 0) is 20.7 Å². The van der Waals surface area contributed by atoms with Crippen molar-refractivity contribution in [2.75, 3.05) is 20.3 Å². The molecule has 0 saturated carbocycles. The molecule has 5 heteroatoms. The van der Waals surface area contributed by atoms with Crippen LogP contribution in [0, 0.1) is 0 Å². The number of rotatable bonds is 8. The van der Waals surface area contributed by atoms with Gasteiger partial charge in [-0.1, -0.05) is 19.1 Å². The standard InChI is InChI=1S/C17H25NO4/c1-5-14-7-6-8-15(11-14)22-12-16(19)18(13(2)3)10-9-17(20)21-4/h6-8,11,13H,5,9-10,12H2,1-4H3. The second-order valence-corrected chi connectivity index (χ2v) is 5.30. The summed E-state index contributed by atoms with van der Waals surface area (Å²) in [7, 11) is 1.34. The van der Waals surface area contributed by atoms with E-state index in [0.717, 1.165) is 12.0 Å². The highest BCUT2D eigenvalue weighted by molar-refractivity contribution is 5.79. The fourth-order valence-corrected chi connectivity index (χ4v) is 2.07. The maximum atomic E-state index is 12.3. The second-order valence-electron chi connectivity index (χ2n) is 5.30. The van der Waals surface area contributed by atoms with Gasteiger partial charge < -0.3 is 14.4 Å². The van der Waals surface area contributed by atoms with Gasteiger partial charge in [0.25, 0.3) is 5.91 Å². The Morgan fingerprint density at radius 2 is 2.00 bits per heavy atom. The lowest BCUT2D eigenvalue weighted by atomic mass is 10.2. The van der Waals surface area contributed by atoms with Gasteiger partial charge in [-0.25, -0.2) is 0 Å². The van der Waals surface area contributed by atoms with E-state index >= 15 is 0 Å². The predicted molar refractivity (Wildman–Crippen MR) is 84.8 cm³/mol. The molecule has 0 atom stereocenters. The molecule has 1 amide bonds. The molecule has 22 heavy (non-hydrogen) atoms. The van der Waals surface area contributed by atoms with Crippen LogP contribution in [0.5, 0.6) is 5.75 Å². The molecule has 5 nitrogen and oxygen atoms in total. The monoisotopic (exact) mass is 307 g/mol. The Kier molecular flexibility index (Phi) is 7.43. The third kappa shape index (κ3) is 5.76. The zero-order chi connectivity index (χ0) is 16.5. The van der Waals surface area contributed by atoms with E-state index in [2.05, 4.69) is 11.7 Å². The van der Waals surface area contributed by atoms with E-state index in [0.29, 0.717) is 12.3 Å². The highest BCUT2D eigenvalue weighted by Gasteiger charge is 2.18. The number of methoxy groups -OCH3 is 1. The molecular weight excluding hydrogens is 282 g/mol. The molecule has 0 aliphatic rings. The molecule has 0 saturated heterocycles. The van der Waals surface area contributed by atoms with Gasteiger partial charge in [-0.05, 0) is 38.0 Å². The Morgan fingerprint density at radius 1 is 1.27 bits per heavy atom. The number of nitrogens with zero attached hydrogens (tertiary/aromatic N) is 1. The van der Waals surface area contributed by atoms with Gasteiger partial charge in [0.05, 0.1) is 13.5 Å². The average Bonchev–Trinajstić information content (AvgIpc) is 2.52. The number of ether oxygens (including phenoxy) is 2. The molecule has 0 fully saturated rings. The smallest absolute Gasteiger partial charge is 0.307 e. The molecule has 0 spiro atoms. The molecule has 0 N–H and O–H groups in total. The van der Waals surface area contributed by atoms with Crippen LogP contribution in [0.3, 0.4) is 0 Å². The van der Waals surface area contributed by atoms with Gasteiger partial charge in [-0.3, -0.25) is 9.59 Å². The minimum Gasteiger partial charge on any atom is -0.484 e. The maximum absolute atomic E-state index is 12.3. The Morgan fingerprint density at radius 3 is 2.59 bits per heavy atom. The molecule has 0 bridgehead atoms. The van der Waals surface area contributed by atoms with Crippen molar-refractivity contribution < 1.29 is 19.1 Å². The Balaban J connectivity index is 2.57. The molecule has 0 heterocycles. The molecular formula is C17H25NO4. The zero-order valence-corrected chi connectivity index (χ0v) is 13.8. The van der Waals surface area contributed by atoms with Crippen LogP contribution in [0.15, 0.2) is 24.3 Å². The lowest BCUT2D eigenvalue weighted by Gasteiger charge is -2.26. The van der Waals surface area contributed by atoms with Crippen molar-refractivity contribution >= 4 is 11.9 Å². The Labute approximate surface area is 132 Å². The number of carbonyl (C=O) groups excluding carboxylic acids is 2. The molecule has 0 radical (unpaired) electrons. The number of esters is 1. The molecule has 122 valence electrons. The maximum Gasteiger partial charge on any atom is 0.307 e. The molecule has 0 aliphatic carbocycles. The first-order valence-corrected chi connectivity index (χ1v) is 7.56. The first-order valence-electron chi connectivity index (χ1n) is 7.56. The van der Waals surface area contributed by atoms with Gasteiger partial charge in [-0.15, -0.1) is 0 Å². The quantitative estimate of drug-likeness (QED) is 0.692. The van der Waals surface area contributed by atoms with Crippen molar-refractivity contribution in [1.82, 2.24) is 4.90 Å². The normalized spacial score (nSPS) is 10.4. The largest absolute Gasteiger partial charge is 0.484 e. The first kappa shape index (κ1) is 18.0. The fraction of sp³-hybridized carbons (Fsp3) is 0.529. The summed E-state index contributed by atoms with van der Waals surface area (Å²) >= 11 is 0. The van der Waals surface area contributed by atoms with E-state index in [1.807, 2.05) is 38.1 Å². The van der Waals surface area contributed by atoms with E-state index in [9.17, 15) is 9.59 Å². The van der Waals surface area contributed by atoms with Gasteiger partial charge in [0.1, 0.15) is 5.75 Å². The minimum absolute atomic E-state index is 0.00253. The molecule has 1 aromatic carbocycles. The summed E-state index contributed by atoms with van der Waals surface area (Å²) in [5.41, 5.74) is 1.16. The topological polar surface area (TPSA) is 55.8 Å². The Bertz CT molecular complexity index is 499. The summed E-state index contributed by atoms with van der Waals surface area (Å²) in [5, 5.41) is 0. The third-order valence-corrected chi connectivity index (χ3v) is 3.40. The van der Waals surface area contributed by atoms with E-state index in [4.69, 9.17) is 4.74 Å². The van der Waals surface area contributed by atoms with Crippen molar-refractivity contribution in [3.05, 3.63) is 29.8 Å². The van der Waals surface area contributed by atoms with Crippen LogP contribution in [0.4, 0.5) is 0 Å². The number of carbonyl (C=O) groups is 2.